The van der Waals surface area contributed by atoms with Crippen molar-refractivity contribution in [2.45, 2.75) is 0 Å². The van der Waals surface area contributed by atoms with Gasteiger partial charge in [-0.2, -0.15) is 0 Å². The topological polar surface area (TPSA) is 77.2 Å². The van der Waals surface area contributed by atoms with Gasteiger partial charge in [0.05, 0.1) is 12.8 Å². The van der Waals surface area contributed by atoms with Gasteiger partial charge in [-0.3, -0.25) is 10.1 Å². The highest BCUT2D eigenvalue weighted by Gasteiger charge is 2.15. The van der Waals surface area contributed by atoms with Crippen LogP contribution in [0.2, 0.25) is 0 Å². The summed E-state index contributed by atoms with van der Waals surface area (Å²) in [4.78, 5) is 16.9. The van der Waals surface area contributed by atoms with Crippen LogP contribution in [0.5, 0.6) is 5.75 Å². The summed E-state index contributed by atoms with van der Waals surface area (Å²) in [6, 6.07) is 18.7. The van der Waals surface area contributed by atoms with E-state index in [4.69, 9.17) is 9.26 Å². The molecule has 0 aliphatic rings. The molecule has 2 aromatic heterocycles. The van der Waals surface area contributed by atoms with Gasteiger partial charge in [0.2, 0.25) is 0 Å². The third-order valence-electron chi connectivity index (χ3n) is 3.91. The van der Waals surface area contributed by atoms with Gasteiger partial charge in [0.1, 0.15) is 5.75 Å². The van der Waals surface area contributed by atoms with Gasteiger partial charge >= 0.3 is 0 Å². The van der Waals surface area contributed by atoms with Gasteiger partial charge in [-0.15, -0.1) is 11.3 Å². The predicted octanol–water partition coefficient (Wildman–Crippen LogP) is 4.73. The molecule has 0 saturated carbocycles. The molecule has 2 heterocycles. The Morgan fingerprint density at radius 2 is 1.85 bits per heavy atom. The van der Waals surface area contributed by atoms with E-state index in [1.54, 1.807) is 13.2 Å². The van der Waals surface area contributed by atoms with Gasteiger partial charge in [-0.25, -0.2) is 4.98 Å². The van der Waals surface area contributed by atoms with Crippen molar-refractivity contribution >= 4 is 22.4 Å². The van der Waals surface area contributed by atoms with Crippen molar-refractivity contribution in [1.82, 2.24) is 10.1 Å². The van der Waals surface area contributed by atoms with Crippen LogP contribution in [0, 0.1) is 0 Å². The number of rotatable bonds is 5. The number of anilines is 1. The predicted molar refractivity (Wildman–Crippen MR) is 104 cm³/mol. The number of benzene rings is 2. The highest BCUT2D eigenvalue weighted by atomic mass is 32.1. The number of carbonyl (C=O) groups excluding carboxylic acids is 1. The third kappa shape index (κ3) is 3.73. The number of hydrogen-bond acceptors (Lipinski definition) is 6. The molecule has 0 saturated heterocycles. The minimum absolute atomic E-state index is 0.204. The maximum Gasteiger partial charge on any atom is 0.279 e. The number of carbonyl (C=O) groups is 1. The lowest BCUT2D eigenvalue weighted by Crippen LogP contribution is -2.11. The summed E-state index contributed by atoms with van der Waals surface area (Å²) in [5.74, 6) is 0.957. The summed E-state index contributed by atoms with van der Waals surface area (Å²) in [5, 5.41) is 8.99. The maximum atomic E-state index is 12.4. The molecule has 0 aliphatic carbocycles. The number of ether oxygens (including phenoxy) is 1. The molecule has 6 nitrogen and oxygen atoms in total. The van der Waals surface area contributed by atoms with E-state index in [0.717, 1.165) is 22.6 Å². The normalized spacial score (nSPS) is 10.6. The fourth-order valence-corrected chi connectivity index (χ4v) is 3.22. The number of thiazole rings is 1. The molecule has 2 aromatic carbocycles. The average molecular weight is 377 g/mol. The molecule has 0 fully saturated rings. The molecule has 0 atom stereocenters. The van der Waals surface area contributed by atoms with Crippen molar-refractivity contribution in [1.29, 1.82) is 0 Å². The van der Waals surface area contributed by atoms with E-state index in [1.807, 2.05) is 60.0 Å². The summed E-state index contributed by atoms with van der Waals surface area (Å²) in [5.41, 5.74) is 2.79. The first kappa shape index (κ1) is 17.0. The van der Waals surface area contributed by atoms with Gasteiger partial charge in [0.25, 0.3) is 5.91 Å². The standard InChI is InChI=1S/C20H15N3O3S/c1-25-15-9-7-13(8-10-15)17-12-27-20(21-17)22-19(24)16-11-18(26-23-16)14-5-3-2-4-6-14/h2-12H,1H3,(H,21,22,24). The molecule has 1 N–H and O–H groups in total. The quantitative estimate of drug-likeness (QED) is 0.544. The van der Waals surface area contributed by atoms with Crippen LogP contribution in [0.4, 0.5) is 5.13 Å². The molecule has 27 heavy (non-hydrogen) atoms. The smallest absolute Gasteiger partial charge is 0.279 e. The van der Waals surface area contributed by atoms with E-state index in [2.05, 4.69) is 15.5 Å². The van der Waals surface area contributed by atoms with Crippen molar-refractivity contribution in [2.24, 2.45) is 0 Å². The monoisotopic (exact) mass is 377 g/mol. The van der Waals surface area contributed by atoms with Crippen LogP contribution in [-0.2, 0) is 0 Å². The summed E-state index contributed by atoms with van der Waals surface area (Å²) < 4.78 is 10.4. The fourth-order valence-electron chi connectivity index (χ4n) is 2.51. The van der Waals surface area contributed by atoms with Crippen LogP contribution in [0.3, 0.4) is 0 Å². The van der Waals surface area contributed by atoms with E-state index in [9.17, 15) is 4.79 Å². The van der Waals surface area contributed by atoms with Crippen LogP contribution < -0.4 is 10.1 Å². The van der Waals surface area contributed by atoms with E-state index < -0.39 is 0 Å². The number of amides is 1. The van der Waals surface area contributed by atoms with Gasteiger partial charge < -0.3 is 9.26 Å². The Morgan fingerprint density at radius 3 is 2.59 bits per heavy atom. The third-order valence-corrected chi connectivity index (χ3v) is 4.67. The fraction of sp³-hybridized carbons (Fsp3) is 0.0500. The first-order valence-corrected chi connectivity index (χ1v) is 9.04. The van der Waals surface area contributed by atoms with E-state index >= 15 is 0 Å². The molecule has 0 spiro atoms. The minimum Gasteiger partial charge on any atom is -0.497 e. The zero-order chi connectivity index (χ0) is 18.6. The highest BCUT2D eigenvalue weighted by Crippen LogP contribution is 2.27. The van der Waals surface area contributed by atoms with Gasteiger partial charge in [0.15, 0.2) is 16.6 Å². The second kappa shape index (κ2) is 7.43. The molecule has 0 radical (unpaired) electrons. The van der Waals surface area contributed by atoms with Crippen molar-refractivity contribution in [3.8, 4) is 28.3 Å². The Hall–Kier alpha value is -3.45. The first-order valence-electron chi connectivity index (χ1n) is 8.16. The van der Waals surface area contributed by atoms with Crippen LogP contribution in [0.1, 0.15) is 10.5 Å². The summed E-state index contributed by atoms with van der Waals surface area (Å²) in [6.07, 6.45) is 0. The second-order valence-corrected chi connectivity index (χ2v) is 6.52. The minimum atomic E-state index is -0.364. The Morgan fingerprint density at radius 1 is 1.07 bits per heavy atom. The Kier molecular flexibility index (Phi) is 4.67. The molecule has 4 aromatic rings. The zero-order valence-electron chi connectivity index (χ0n) is 14.4. The number of hydrogen-bond donors (Lipinski definition) is 1. The molecular formula is C20H15N3O3S. The Bertz CT molecular complexity index is 1060. The molecule has 0 bridgehead atoms. The number of methoxy groups -OCH3 is 1. The number of nitrogens with zero attached hydrogens (tertiary/aromatic N) is 2. The average Bonchev–Trinajstić information content (AvgIpc) is 3.39. The van der Waals surface area contributed by atoms with E-state index in [-0.39, 0.29) is 11.6 Å². The number of nitrogens with one attached hydrogen (secondary N) is 1. The molecule has 4 rings (SSSR count). The van der Waals surface area contributed by atoms with E-state index in [1.165, 1.54) is 11.3 Å². The molecular weight excluding hydrogens is 362 g/mol. The van der Waals surface area contributed by atoms with Crippen LogP contribution in [0.25, 0.3) is 22.6 Å². The lowest BCUT2D eigenvalue weighted by Gasteiger charge is -2.00. The SMILES string of the molecule is COc1ccc(-c2csc(NC(=O)c3cc(-c4ccccc4)on3)n2)cc1. The molecule has 0 aliphatic heterocycles. The highest BCUT2D eigenvalue weighted by molar-refractivity contribution is 7.14. The van der Waals surface area contributed by atoms with E-state index in [0.29, 0.717) is 10.9 Å². The molecule has 0 unspecified atom stereocenters. The van der Waals surface area contributed by atoms with Crippen LogP contribution in [-0.4, -0.2) is 23.2 Å². The summed E-state index contributed by atoms with van der Waals surface area (Å²) >= 11 is 1.35. The van der Waals surface area contributed by atoms with Crippen LogP contribution in [0.15, 0.2) is 70.6 Å². The summed E-state index contributed by atoms with van der Waals surface area (Å²) in [7, 11) is 1.62. The lowest BCUT2D eigenvalue weighted by molar-refractivity contribution is 0.101. The van der Waals surface area contributed by atoms with Gasteiger partial charge in [-0.1, -0.05) is 35.5 Å². The lowest BCUT2D eigenvalue weighted by atomic mass is 10.1. The second-order valence-electron chi connectivity index (χ2n) is 5.66. The largest absolute Gasteiger partial charge is 0.497 e. The number of aromatic nitrogens is 2. The maximum absolute atomic E-state index is 12.4. The Balaban J connectivity index is 1.47. The van der Waals surface area contributed by atoms with Gasteiger partial charge in [0, 0.05) is 22.6 Å². The van der Waals surface area contributed by atoms with Crippen molar-refractivity contribution in [3.63, 3.8) is 0 Å². The molecule has 7 heteroatoms. The zero-order valence-corrected chi connectivity index (χ0v) is 15.2. The molecule has 134 valence electrons. The van der Waals surface area contributed by atoms with Crippen molar-refractivity contribution in [3.05, 3.63) is 71.7 Å². The first-order chi connectivity index (χ1) is 13.2. The Labute approximate surface area is 159 Å². The molecule has 1 amide bonds. The van der Waals surface area contributed by atoms with Crippen molar-refractivity contribution < 1.29 is 14.1 Å². The van der Waals surface area contributed by atoms with Gasteiger partial charge in [-0.05, 0) is 24.3 Å². The van der Waals surface area contributed by atoms with Crippen molar-refractivity contribution in [2.75, 3.05) is 12.4 Å². The van der Waals surface area contributed by atoms with Crippen LogP contribution >= 0.6 is 11.3 Å². The summed E-state index contributed by atoms with van der Waals surface area (Å²) in [6.45, 7) is 0.